The number of rotatable bonds is 4. The minimum Gasteiger partial charge on any atom is -0.410 e. The lowest BCUT2D eigenvalue weighted by Crippen LogP contribution is -2.44. The van der Waals surface area contributed by atoms with Gasteiger partial charge in [-0.25, -0.2) is 0 Å². The highest BCUT2D eigenvalue weighted by molar-refractivity contribution is 14.1. The van der Waals surface area contributed by atoms with Crippen molar-refractivity contribution in [2.75, 3.05) is 13.2 Å². The number of pyridine rings is 1. The van der Waals surface area contributed by atoms with E-state index in [0.717, 1.165) is 45.3 Å². The van der Waals surface area contributed by atoms with Crippen LogP contribution in [0.2, 0.25) is 18.1 Å². The Morgan fingerprint density at radius 2 is 1.83 bits per heavy atom. The maximum absolute atomic E-state index is 7.05. The summed E-state index contributed by atoms with van der Waals surface area (Å²) in [6.45, 7) is 20.6. The lowest BCUT2D eigenvalue weighted by molar-refractivity contribution is 0.0835. The predicted octanol–water partition coefficient (Wildman–Crippen LogP) is 7.18. The number of ether oxygens (including phenoxy) is 1. The lowest BCUT2D eigenvalue weighted by Gasteiger charge is -2.44. The SMILES string of the molecule is CCc1c(C2CCOCC2)nc2c(c1I)[C@@H](O[Si](C)(C)C(C)(C)C)CC(C)(C)C2. The highest BCUT2D eigenvalue weighted by atomic mass is 127. The van der Waals surface area contributed by atoms with Crippen molar-refractivity contribution in [1.82, 2.24) is 4.98 Å². The van der Waals surface area contributed by atoms with Gasteiger partial charge in [-0.1, -0.05) is 41.5 Å². The Hall–Kier alpha value is 0.0169. The maximum Gasteiger partial charge on any atom is 0.192 e. The minimum absolute atomic E-state index is 0.170. The quantitative estimate of drug-likeness (QED) is 0.306. The third-order valence-corrected chi connectivity index (χ3v) is 13.0. The average molecular weight is 530 g/mol. The fourth-order valence-corrected chi connectivity index (χ4v) is 7.13. The summed E-state index contributed by atoms with van der Waals surface area (Å²) < 4.78 is 14.1. The van der Waals surface area contributed by atoms with E-state index in [2.05, 4.69) is 77.2 Å². The Balaban J connectivity index is 2.09. The van der Waals surface area contributed by atoms with Gasteiger partial charge in [0.1, 0.15) is 0 Å². The molecule has 2 heterocycles. The molecular weight excluding hydrogens is 489 g/mol. The van der Waals surface area contributed by atoms with E-state index in [0.29, 0.717) is 5.92 Å². The highest BCUT2D eigenvalue weighted by Crippen LogP contribution is 2.49. The van der Waals surface area contributed by atoms with Crippen molar-refractivity contribution in [3.05, 3.63) is 26.1 Å². The molecule has 0 radical (unpaired) electrons. The Kier molecular flexibility index (Phi) is 6.95. The van der Waals surface area contributed by atoms with Crippen molar-refractivity contribution < 1.29 is 9.16 Å². The van der Waals surface area contributed by atoms with Crippen molar-refractivity contribution in [3.63, 3.8) is 0 Å². The van der Waals surface area contributed by atoms with E-state index >= 15 is 0 Å². The maximum atomic E-state index is 7.05. The molecule has 1 fully saturated rings. The van der Waals surface area contributed by atoms with Crippen LogP contribution in [0.4, 0.5) is 0 Å². The number of fused-ring (bicyclic) bond motifs is 1. The lowest BCUT2D eigenvalue weighted by atomic mass is 9.74. The van der Waals surface area contributed by atoms with Crippen molar-refractivity contribution in [2.45, 2.75) is 104 Å². The van der Waals surface area contributed by atoms with Crippen LogP contribution in [0.5, 0.6) is 0 Å². The van der Waals surface area contributed by atoms with E-state index in [1.54, 1.807) is 0 Å². The van der Waals surface area contributed by atoms with Gasteiger partial charge >= 0.3 is 0 Å². The smallest absolute Gasteiger partial charge is 0.192 e. The molecule has 1 saturated heterocycles. The second kappa shape index (κ2) is 8.51. The van der Waals surface area contributed by atoms with E-state index in [1.807, 2.05) is 0 Å². The zero-order chi connectivity index (χ0) is 21.6. The van der Waals surface area contributed by atoms with Gasteiger partial charge in [-0.05, 0) is 83.8 Å². The summed E-state index contributed by atoms with van der Waals surface area (Å²) in [4.78, 5) is 5.38. The minimum atomic E-state index is -1.87. The van der Waals surface area contributed by atoms with Gasteiger partial charge in [0.2, 0.25) is 0 Å². The van der Waals surface area contributed by atoms with Gasteiger partial charge in [0.05, 0.1) is 6.10 Å². The summed E-state index contributed by atoms with van der Waals surface area (Å²) >= 11 is 2.61. The molecule has 3 nitrogen and oxygen atoms in total. The van der Waals surface area contributed by atoms with Crippen LogP contribution in [0.15, 0.2) is 0 Å². The fraction of sp³-hybridized carbons (Fsp3) is 0.792. The van der Waals surface area contributed by atoms with Crippen LogP contribution < -0.4 is 0 Å². The second-order valence-electron chi connectivity index (χ2n) is 11.3. The zero-order valence-corrected chi connectivity index (χ0v) is 22.9. The van der Waals surface area contributed by atoms with Gasteiger partial charge in [0.25, 0.3) is 0 Å². The average Bonchev–Trinajstić information content (AvgIpc) is 2.59. The van der Waals surface area contributed by atoms with Gasteiger partial charge in [0.15, 0.2) is 8.32 Å². The molecule has 0 unspecified atom stereocenters. The van der Waals surface area contributed by atoms with Crippen LogP contribution in [0.1, 0.15) is 95.3 Å². The Labute approximate surface area is 193 Å². The van der Waals surface area contributed by atoms with Gasteiger partial charge in [-0.2, -0.15) is 0 Å². The largest absolute Gasteiger partial charge is 0.410 e. The number of hydrogen-bond acceptors (Lipinski definition) is 3. The summed E-state index contributed by atoms with van der Waals surface area (Å²) in [6.07, 6.45) is 5.55. The van der Waals surface area contributed by atoms with E-state index in [4.69, 9.17) is 14.1 Å². The van der Waals surface area contributed by atoms with Gasteiger partial charge in [-0.3, -0.25) is 4.98 Å². The third-order valence-electron chi connectivity index (χ3n) is 7.29. The number of nitrogens with zero attached hydrogens (tertiary/aromatic N) is 1. The molecule has 0 amide bonds. The van der Waals surface area contributed by atoms with Gasteiger partial charge in [-0.15, -0.1) is 0 Å². The van der Waals surface area contributed by atoms with Crippen molar-refractivity contribution in [2.24, 2.45) is 5.41 Å². The van der Waals surface area contributed by atoms with Crippen LogP contribution in [0.3, 0.4) is 0 Å². The monoisotopic (exact) mass is 529 g/mol. The molecule has 1 aromatic rings. The molecular formula is C24H40INO2Si. The van der Waals surface area contributed by atoms with Crippen molar-refractivity contribution >= 4 is 30.9 Å². The molecule has 0 saturated carbocycles. The number of hydrogen-bond donors (Lipinski definition) is 0. The van der Waals surface area contributed by atoms with Crippen LogP contribution in [0, 0.1) is 8.99 Å². The first kappa shape index (κ1) is 23.7. The normalized spacial score (nSPS) is 23.1. The van der Waals surface area contributed by atoms with Crippen LogP contribution in [-0.4, -0.2) is 26.5 Å². The zero-order valence-electron chi connectivity index (χ0n) is 19.7. The van der Waals surface area contributed by atoms with Crippen LogP contribution >= 0.6 is 22.6 Å². The van der Waals surface area contributed by atoms with E-state index in [-0.39, 0.29) is 16.6 Å². The standard InChI is InChI=1S/C24H40INO2Si/c1-9-17-21(25)20-18(26-22(17)16-10-12-27-13-11-16)14-24(5,6)15-19(20)28-29(7,8)23(2,3)4/h16,19H,9-15H2,1-8H3/t19-/m0/s1. The molecule has 1 aliphatic carbocycles. The Bertz CT molecular complexity index is 748. The first-order chi connectivity index (χ1) is 13.4. The molecule has 164 valence electrons. The molecule has 0 N–H and O–H groups in total. The third kappa shape index (κ3) is 4.93. The Morgan fingerprint density at radius 3 is 2.38 bits per heavy atom. The first-order valence-electron chi connectivity index (χ1n) is 11.3. The summed E-state index contributed by atoms with van der Waals surface area (Å²) in [5, 5.41) is 0.212. The van der Waals surface area contributed by atoms with E-state index < -0.39 is 8.32 Å². The van der Waals surface area contributed by atoms with Gasteiger partial charge < -0.3 is 9.16 Å². The summed E-state index contributed by atoms with van der Waals surface area (Å²) in [5.41, 5.74) is 5.73. The molecule has 2 aliphatic rings. The molecule has 0 aromatic carbocycles. The van der Waals surface area contributed by atoms with E-state index in [9.17, 15) is 0 Å². The molecule has 0 bridgehead atoms. The molecule has 29 heavy (non-hydrogen) atoms. The molecule has 1 aromatic heterocycles. The van der Waals surface area contributed by atoms with Gasteiger partial charge in [0, 0.05) is 39.7 Å². The molecule has 0 spiro atoms. The number of halogens is 1. The summed E-state index contributed by atoms with van der Waals surface area (Å²) in [7, 11) is -1.87. The summed E-state index contributed by atoms with van der Waals surface area (Å²) in [5.74, 6) is 0.544. The van der Waals surface area contributed by atoms with Crippen LogP contribution in [0.25, 0.3) is 0 Å². The van der Waals surface area contributed by atoms with Crippen molar-refractivity contribution in [3.8, 4) is 0 Å². The predicted molar refractivity (Wildman–Crippen MR) is 132 cm³/mol. The summed E-state index contributed by atoms with van der Waals surface area (Å²) in [6, 6.07) is 0. The molecule has 3 rings (SSSR count). The van der Waals surface area contributed by atoms with Crippen LogP contribution in [-0.2, 0) is 22.0 Å². The van der Waals surface area contributed by atoms with Crippen molar-refractivity contribution in [1.29, 1.82) is 0 Å². The second-order valence-corrected chi connectivity index (χ2v) is 17.1. The fourth-order valence-electron chi connectivity index (χ4n) is 4.54. The molecule has 5 heteroatoms. The highest BCUT2D eigenvalue weighted by Gasteiger charge is 2.44. The topological polar surface area (TPSA) is 31.4 Å². The van der Waals surface area contributed by atoms with E-state index in [1.165, 1.54) is 26.1 Å². The first-order valence-corrected chi connectivity index (χ1v) is 15.3. The molecule has 1 atom stereocenters. The Morgan fingerprint density at radius 1 is 1.21 bits per heavy atom. The number of aromatic nitrogens is 1. The molecule has 1 aliphatic heterocycles.